The first-order valence-electron chi connectivity index (χ1n) is 7.55. The lowest BCUT2D eigenvalue weighted by molar-refractivity contribution is 0.385. The largest absolute Gasteiger partial charge is 0.369 e. The quantitative estimate of drug-likeness (QED) is 0.853. The van der Waals surface area contributed by atoms with Crippen molar-refractivity contribution in [2.24, 2.45) is 0 Å². The first-order valence-corrected chi connectivity index (χ1v) is 9.36. The van der Waals surface area contributed by atoms with Crippen molar-refractivity contribution >= 4 is 27.3 Å². The van der Waals surface area contributed by atoms with Gasteiger partial charge in [0.2, 0.25) is 10.0 Å². The molecule has 6 heteroatoms. The topological polar surface area (TPSA) is 40.6 Å². The zero-order valence-electron chi connectivity index (χ0n) is 12.9. The van der Waals surface area contributed by atoms with E-state index in [1.807, 2.05) is 12.1 Å². The molecule has 1 aliphatic heterocycles. The Bertz CT molecular complexity index is 782. The molecule has 2 aromatic carbocycles. The van der Waals surface area contributed by atoms with Crippen LogP contribution >= 0.6 is 11.6 Å². The number of sulfonamides is 1. The normalized spacial score (nSPS) is 16.5. The van der Waals surface area contributed by atoms with Crippen molar-refractivity contribution in [3.8, 4) is 0 Å². The van der Waals surface area contributed by atoms with E-state index in [0.717, 1.165) is 0 Å². The van der Waals surface area contributed by atoms with Crippen molar-refractivity contribution in [3.63, 3.8) is 0 Å². The Morgan fingerprint density at radius 1 is 0.913 bits per heavy atom. The standard InChI is InChI=1S/C17H19ClN2O2S/c1-14-4-2-3-5-17(14)19-10-12-20(13-11-19)23(21,22)16-8-6-15(18)7-9-16/h2-9H,10-13H2,1H3. The summed E-state index contributed by atoms with van der Waals surface area (Å²) in [5.74, 6) is 0. The van der Waals surface area contributed by atoms with Crippen molar-refractivity contribution in [2.45, 2.75) is 11.8 Å². The van der Waals surface area contributed by atoms with Crippen molar-refractivity contribution in [3.05, 3.63) is 59.1 Å². The number of benzene rings is 2. The number of hydrogen-bond acceptors (Lipinski definition) is 3. The lowest BCUT2D eigenvalue weighted by atomic mass is 10.1. The van der Waals surface area contributed by atoms with Crippen LogP contribution in [-0.4, -0.2) is 38.9 Å². The summed E-state index contributed by atoms with van der Waals surface area (Å²) in [6.07, 6.45) is 0. The maximum absolute atomic E-state index is 12.7. The SMILES string of the molecule is Cc1ccccc1N1CCN(S(=O)(=O)c2ccc(Cl)cc2)CC1. The van der Waals surface area contributed by atoms with Gasteiger partial charge in [-0.1, -0.05) is 29.8 Å². The van der Waals surface area contributed by atoms with Crippen LogP contribution in [0, 0.1) is 6.92 Å². The Balaban J connectivity index is 1.74. The molecule has 3 rings (SSSR count). The fourth-order valence-corrected chi connectivity index (χ4v) is 4.39. The molecular formula is C17H19ClN2O2S. The van der Waals surface area contributed by atoms with Crippen LogP contribution in [0.25, 0.3) is 0 Å². The van der Waals surface area contributed by atoms with Crippen LogP contribution in [0.5, 0.6) is 0 Å². The van der Waals surface area contributed by atoms with Gasteiger partial charge in [-0.3, -0.25) is 0 Å². The van der Waals surface area contributed by atoms with Crippen LogP contribution in [0.3, 0.4) is 0 Å². The summed E-state index contributed by atoms with van der Waals surface area (Å²) in [4.78, 5) is 2.54. The molecule has 0 aliphatic carbocycles. The third kappa shape index (κ3) is 3.37. The van der Waals surface area contributed by atoms with E-state index in [0.29, 0.717) is 36.1 Å². The Morgan fingerprint density at radius 2 is 1.52 bits per heavy atom. The maximum Gasteiger partial charge on any atom is 0.243 e. The smallest absolute Gasteiger partial charge is 0.243 e. The van der Waals surface area contributed by atoms with Gasteiger partial charge < -0.3 is 4.90 Å². The molecule has 122 valence electrons. The average molecular weight is 351 g/mol. The summed E-state index contributed by atoms with van der Waals surface area (Å²) >= 11 is 5.83. The zero-order valence-corrected chi connectivity index (χ0v) is 14.5. The van der Waals surface area contributed by atoms with Gasteiger partial charge in [0.1, 0.15) is 0 Å². The lowest BCUT2D eigenvalue weighted by Gasteiger charge is -2.36. The molecule has 0 radical (unpaired) electrons. The van der Waals surface area contributed by atoms with Crippen molar-refractivity contribution in [1.82, 2.24) is 4.31 Å². The predicted molar refractivity (Wildman–Crippen MR) is 93.6 cm³/mol. The van der Waals surface area contributed by atoms with Crippen molar-refractivity contribution in [2.75, 3.05) is 31.1 Å². The monoisotopic (exact) mass is 350 g/mol. The van der Waals surface area contributed by atoms with Gasteiger partial charge in [-0.05, 0) is 42.8 Å². The number of halogens is 1. The van der Waals surface area contributed by atoms with E-state index in [1.54, 1.807) is 28.6 Å². The van der Waals surface area contributed by atoms with E-state index in [-0.39, 0.29) is 0 Å². The molecule has 0 aromatic heterocycles. The van der Waals surface area contributed by atoms with Crippen LogP contribution in [0.2, 0.25) is 5.02 Å². The van der Waals surface area contributed by atoms with Gasteiger partial charge in [0.15, 0.2) is 0 Å². The number of aryl methyl sites for hydroxylation is 1. The Kier molecular flexibility index (Phi) is 4.62. The first-order chi connectivity index (χ1) is 11.0. The van der Waals surface area contributed by atoms with Gasteiger partial charge in [0.25, 0.3) is 0 Å². The predicted octanol–water partition coefficient (Wildman–Crippen LogP) is 3.16. The fourth-order valence-electron chi connectivity index (χ4n) is 2.84. The molecule has 0 saturated carbocycles. The van der Waals surface area contributed by atoms with Gasteiger partial charge in [-0.25, -0.2) is 8.42 Å². The molecule has 0 unspecified atom stereocenters. The Morgan fingerprint density at radius 3 is 2.13 bits per heavy atom. The molecule has 1 saturated heterocycles. The highest BCUT2D eigenvalue weighted by Gasteiger charge is 2.28. The fraction of sp³-hybridized carbons (Fsp3) is 0.294. The van der Waals surface area contributed by atoms with E-state index in [4.69, 9.17) is 11.6 Å². The second kappa shape index (κ2) is 6.51. The van der Waals surface area contributed by atoms with E-state index in [1.165, 1.54) is 11.3 Å². The minimum Gasteiger partial charge on any atom is -0.369 e. The van der Waals surface area contributed by atoms with Crippen LogP contribution in [0.4, 0.5) is 5.69 Å². The van der Waals surface area contributed by atoms with Gasteiger partial charge in [-0.15, -0.1) is 0 Å². The number of piperazine rings is 1. The molecule has 0 amide bonds. The highest BCUT2D eigenvalue weighted by atomic mass is 35.5. The molecule has 1 heterocycles. The highest BCUT2D eigenvalue weighted by Crippen LogP contribution is 2.24. The molecule has 23 heavy (non-hydrogen) atoms. The van der Waals surface area contributed by atoms with E-state index in [9.17, 15) is 8.42 Å². The summed E-state index contributed by atoms with van der Waals surface area (Å²) in [6.45, 7) is 4.43. The molecular weight excluding hydrogens is 332 g/mol. The first kappa shape index (κ1) is 16.3. The van der Waals surface area contributed by atoms with Gasteiger partial charge in [0, 0.05) is 36.9 Å². The second-order valence-corrected chi connectivity index (χ2v) is 8.01. The van der Waals surface area contributed by atoms with E-state index in [2.05, 4.69) is 24.0 Å². The molecule has 1 aliphatic rings. The summed E-state index contributed by atoms with van der Waals surface area (Å²) in [7, 11) is -3.45. The van der Waals surface area contributed by atoms with Gasteiger partial charge in [0.05, 0.1) is 4.90 Å². The Labute approximate surface area is 142 Å². The molecule has 4 nitrogen and oxygen atoms in total. The number of para-hydroxylation sites is 1. The summed E-state index contributed by atoms with van der Waals surface area (Å²) < 4.78 is 26.9. The summed E-state index contributed by atoms with van der Waals surface area (Å²) in [6, 6.07) is 14.5. The maximum atomic E-state index is 12.7. The van der Waals surface area contributed by atoms with E-state index < -0.39 is 10.0 Å². The highest BCUT2D eigenvalue weighted by molar-refractivity contribution is 7.89. The van der Waals surface area contributed by atoms with Crippen LogP contribution in [-0.2, 0) is 10.0 Å². The molecule has 1 fully saturated rings. The van der Waals surface area contributed by atoms with Gasteiger partial charge >= 0.3 is 0 Å². The van der Waals surface area contributed by atoms with Crippen LogP contribution < -0.4 is 4.90 Å². The Hall–Kier alpha value is -1.56. The number of rotatable bonds is 3. The lowest BCUT2D eigenvalue weighted by Crippen LogP contribution is -2.48. The molecule has 0 spiro atoms. The van der Waals surface area contributed by atoms with Crippen molar-refractivity contribution in [1.29, 1.82) is 0 Å². The number of nitrogens with zero attached hydrogens (tertiary/aromatic N) is 2. The zero-order chi connectivity index (χ0) is 16.4. The molecule has 2 aromatic rings. The van der Waals surface area contributed by atoms with Gasteiger partial charge in [-0.2, -0.15) is 4.31 Å². The van der Waals surface area contributed by atoms with E-state index >= 15 is 0 Å². The van der Waals surface area contributed by atoms with Crippen LogP contribution in [0.1, 0.15) is 5.56 Å². The minimum atomic E-state index is -3.45. The third-order valence-electron chi connectivity index (χ3n) is 4.15. The van der Waals surface area contributed by atoms with Crippen LogP contribution in [0.15, 0.2) is 53.4 Å². The molecule has 0 atom stereocenters. The minimum absolute atomic E-state index is 0.297. The summed E-state index contributed by atoms with van der Waals surface area (Å²) in [5, 5.41) is 0.535. The second-order valence-electron chi connectivity index (χ2n) is 5.63. The molecule has 0 bridgehead atoms. The van der Waals surface area contributed by atoms with Crippen molar-refractivity contribution < 1.29 is 8.42 Å². The average Bonchev–Trinajstić information content (AvgIpc) is 2.56. The summed E-state index contributed by atoms with van der Waals surface area (Å²) in [5.41, 5.74) is 2.39. The third-order valence-corrected chi connectivity index (χ3v) is 6.31. The molecule has 0 N–H and O–H groups in total. The number of hydrogen-bond donors (Lipinski definition) is 0. The number of anilines is 1.